The largest absolute Gasteiger partial charge is 0.476 e. The van der Waals surface area contributed by atoms with Crippen molar-refractivity contribution >= 4 is 23.4 Å². The van der Waals surface area contributed by atoms with Gasteiger partial charge in [0, 0.05) is 13.1 Å². The van der Waals surface area contributed by atoms with E-state index < -0.39 is 11.9 Å². The quantitative estimate of drug-likeness (QED) is 0.670. The number of rotatable bonds is 6. The number of aromatic nitrogens is 4. The minimum absolute atomic E-state index is 0.0630. The molecule has 0 saturated heterocycles. The van der Waals surface area contributed by atoms with Crippen molar-refractivity contribution in [1.29, 1.82) is 0 Å². The summed E-state index contributed by atoms with van der Waals surface area (Å²) in [4.78, 5) is 30.5. The molecule has 0 aromatic carbocycles. The van der Waals surface area contributed by atoms with Gasteiger partial charge in [0.05, 0.1) is 24.7 Å². The molecular weight excluding hydrogens is 439 g/mol. The van der Waals surface area contributed by atoms with Crippen LogP contribution in [-0.2, 0) is 11.0 Å². The van der Waals surface area contributed by atoms with Gasteiger partial charge in [0.15, 0.2) is 11.5 Å². The number of carbonyl (C=O) groups excluding carboxylic acids is 1. The van der Waals surface area contributed by atoms with Crippen molar-refractivity contribution in [3.63, 3.8) is 0 Å². The van der Waals surface area contributed by atoms with Gasteiger partial charge in [0.1, 0.15) is 11.7 Å². The maximum Gasteiger partial charge on any atom is 0.434 e. The molecule has 33 heavy (non-hydrogen) atoms. The maximum atomic E-state index is 12.5. The van der Waals surface area contributed by atoms with Gasteiger partial charge in [-0.3, -0.25) is 4.79 Å². The van der Waals surface area contributed by atoms with E-state index in [0.717, 1.165) is 19.0 Å². The molecule has 4 rings (SSSR count). The predicted octanol–water partition coefficient (Wildman–Crippen LogP) is 3.28. The number of carbonyl (C=O) groups is 1. The summed E-state index contributed by atoms with van der Waals surface area (Å²) in [5.74, 6) is 1.54. The third-order valence-electron chi connectivity index (χ3n) is 5.92. The van der Waals surface area contributed by atoms with Crippen LogP contribution in [0.1, 0.15) is 38.1 Å². The Balaban J connectivity index is 1.32. The Labute approximate surface area is 189 Å². The Morgan fingerprint density at radius 2 is 1.97 bits per heavy atom. The van der Waals surface area contributed by atoms with Crippen molar-refractivity contribution in [3.8, 4) is 5.88 Å². The molecule has 0 bridgehead atoms. The second-order valence-electron chi connectivity index (χ2n) is 8.85. The monoisotopic (exact) mass is 465 g/mol. The smallest absolute Gasteiger partial charge is 0.434 e. The molecule has 9 nitrogen and oxygen atoms in total. The molecule has 2 aromatic rings. The second-order valence-corrected chi connectivity index (χ2v) is 8.85. The fourth-order valence-corrected chi connectivity index (χ4v) is 4.19. The number of alkyl halides is 3. The van der Waals surface area contributed by atoms with Crippen LogP contribution in [0.3, 0.4) is 0 Å². The van der Waals surface area contributed by atoms with Crippen molar-refractivity contribution in [2.75, 3.05) is 29.2 Å². The zero-order valence-electron chi connectivity index (χ0n) is 18.8. The molecule has 178 valence electrons. The van der Waals surface area contributed by atoms with Gasteiger partial charge in [-0.25, -0.2) is 15.0 Å². The minimum atomic E-state index is -4.52. The van der Waals surface area contributed by atoms with Gasteiger partial charge < -0.3 is 20.3 Å². The van der Waals surface area contributed by atoms with E-state index in [9.17, 15) is 18.0 Å². The van der Waals surface area contributed by atoms with Crippen LogP contribution in [0.15, 0.2) is 12.4 Å². The molecule has 12 heteroatoms. The predicted molar refractivity (Wildman–Crippen MR) is 115 cm³/mol. The molecule has 1 amide bonds. The number of amides is 1. The number of fused-ring (bicyclic) bond motifs is 1. The second kappa shape index (κ2) is 8.64. The Morgan fingerprint density at radius 3 is 2.58 bits per heavy atom. The van der Waals surface area contributed by atoms with Gasteiger partial charge >= 0.3 is 6.18 Å². The fraction of sp³-hybridized carbons (Fsp3) is 0.571. The molecule has 0 radical (unpaired) electrons. The van der Waals surface area contributed by atoms with E-state index in [2.05, 4.69) is 30.6 Å². The zero-order valence-corrected chi connectivity index (χ0v) is 18.8. The van der Waals surface area contributed by atoms with E-state index in [1.165, 1.54) is 0 Å². The Morgan fingerprint density at radius 1 is 1.24 bits per heavy atom. The molecule has 1 unspecified atom stereocenters. The topological polar surface area (TPSA) is 105 Å². The molecule has 1 aliphatic carbocycles. The zero-order chi connectivity index (χ0) is 23.9. The SMILES string of the molecule is Cc1nc(N[C@H]2C[C@@H](COc3cnc(C(F)(F)F)cn3)C2)nc2c1NC(=O)C(C(C)C)N2C. The number of nitrogens with zero attached hydrogens (tertiary/aromatic N) is 5. The summed E-state index contributed by atoms with van der Waals surface area (Å²) in [5.41, 5.74) is 0.264. The Kier molecular flexibility index (Phi) is 6.02. The number of anilines is 3. The van der Waals surface area contributed by atoms with Crippen LogP contribution in [0.2, 0.25) is 0 Å². The lowest BCUT2D eigenvalue weighted by atomic mass is 9.81. The van der Waals surface area contributed by atoms with Crippen LogP contribution in [0.4, 0.5) is 30.6 Å². The van der Waals surface area contributed by atoms with E-state index in [1.54, 1.807) is 0 Å². The molecule has 3 heterocycles. The molecule has 1 aliphatic heterocycles. The highest BCUT2D eigenvalue weighted by atomic mass is 19.4. The van der Waals surface area contributed by atoms with E-state index in [4.69, 9.17) is 4.74 Å². The van der Waals surface area contributed by atoms with Crippen LogP contribution in [0, 0.1) is 18.8 Å². The maximum absolute atomic E-state index is 12.5. The number of nitrogens with one attached hydrogen (secondary N) is 2. The minimum Gasteiger partial charge on any atom is -0.476 e. The van der Waals surface area contributed by atoms with Gasteiger partial charge in [-0.05, 0) is 31.6 Å². The molecule has 2 N–H and O–H groups in total. The summed E-state index contributed by atoms with van der Waals surface area (Å²) < 4.78 is 43.1. The number of hydrogen-bond acceptors (Lipinski definition) is 8. The van der Waals surface area contributed by atoms with Gasteiger partial charge in [0.2, 0.25) is 17.7 Å². The van der Waals surface area contributed by atoms with E-state index in [1.807, 2.05) is 32.7 Å². The number of ether oxygens (including phenoxy) is 1. The van der Waals surface area contributed by atoms with E-state index in [0.29, 0.717) is 36.0 Å². The molecule has 0 spiro atoms. The summed E-state index contributed by atoms with van der Waals surface area (Å²) in [6.07, 6.45) is -1.27. The average molecular weight is 465 g/mol. The number of likely N-dealkylation sites (N-methyl/N-ethyl adjacent to an activating group) is 1. The van der Waals surface area contributed by atoms with Gasteiger partial charge in [-0.2, -0.15) is 18.2 Å². The van der Waals surface area contributed by atoms with E-state index in [-0.39, 0.29) is 35.7 Å². The van der Waals surface area contributed by atoms with Crippen molar-refractivity contribution in [3.05, 3.63) is 23.8 Å². The summed E-state index contributed by atoms with van der Waals surface area (Å²) in [6, 6.07) is -0.155. The molecule has 1 saturated carbocycles. The van der Waals surface area contributed by atoms with Crippen molar-refractivity contribution in [1.82, 2.24) is 19.9 Å². The summed E-state index contributed by atoms with van der Waals surface area (Å²) in [6.45, 7) is 6.16. The number of halogens is 3. The molecule has 1 fully saturated rings. The molecule has 2 aromatic heterocycles. The van der Waals surface area contributed by atoms with Crippen molar-refractivity contribution < 1.29 is 22.7 Å². The summed E-state index contributed by atoms with van der Waals surface area (Å²) in [5, 5.41) is 6.25. The molecular formula is C21H26F3N7O2. The lowest BCUT2D eigenvalue weighted by molar-refractivity contribution is -0.141. The first-order valence-corrected chi connectivity index (χ1v) is 10.7. The highest BCUT2D eigenvalue weighted by molar-refractivity contribution is 6.03. The van der Waals surface area contributed by atoms with Crippen LogP contribution in [0.25, 0.3) is 0 Å². The Bertz CT molecular complexity index is 1020. The van der Waals surface area contributed by atoms with Crippen molar-refractivity contribution in [2.45, 2.75) is 51.9 Å². The first-order valence-electron chi connectivity index (χ1n) is 10.7. The van der Waals surface area contributed by atoms with Gasteiger partial charge in [-0.15, -0.1) is 0 Å². The Hall–Kier alpha value is -3.18. The summed E-state index contributed by atoms with van der Waals surface area (Å²) in [7, 11) is 1.86. The fourth-order valence-electron chi connectivity index (χ4n) is 4.19. The molecule has 2 aliphatic rings. The standard InChI is InChI=1S/C21H26F3N7O2/c1-10(2)17-19(32)29-16-11(3)27-20(30-18(16)31(17)4)28-13-5-12(6-13)9-33-15-8-25-14(7-26-15)21(22,23)24/h7-8,10,12-13,17H,5-6,9H2,1-4H3,(H,29,32)(H,27,28,30)/t12-,13+,17?. The average Bonchev–Trinajstić information content (AvgIpc) is 2.70. The third kappa shape index (κ3) is 4.79. The lowest BCUT2D eigenvalue weighted by Gasteiger charge is -2.38. The normalized spacial score (nSPS) is 22.5. The summed E-state index contributed by atoms with van der Waals surface area (Å²) >= 11 is 0. The van der Waals surface area contributed by atoms with E-state index >= 15 is 0 Å². The van der Waals surface area contributed by atoms with Crippen LogP contribution in [-0.4, -0.2) is 51.6 Å². The van der Waals surface area contributed by atoms with Gasteiger partial charge in [0.25, 0.3) is 0 Å². The highest BCUT2D eigenvalue weighted by Crippen LogP contribution is 2.36. The first kappa shape index (κ1) is 23.0. The van der Waals surface area contributed by atoms with Crippen LogP contribution < -0.4 is 20.3 Å². The molecule has 1 atom stereocenters. The third-order valence-corrected chi connectivity index (χ3v) is 5.92. The van der Waals surface area contributed by atoms with Crippen LogP contribution in [0.5, 0.6) is 5.88 Å². The number of aryl methyl sites for hydroxylation is 1. The van der Waals surface area contributed by atoms with Crippen LogP contribution >= 0.6 is 0 Å². The van der Waals surface area contributed by atoms with Gasteiger partial charge in [-0.1, -0.05) is 13.8 Å². The lowest BCUT2D eigenvalue weighted by Crippen LogP contribution is -2.50. The number of hydrogen-bond donors (Lipinski definition) is 2. The first-order chi connectivity index (χ1) is 15.5. The van der Waals surface area contributed by atoms with Crippen molar-refractivity contribution in [2.24, 2.45) is 11.8 Å². The highest BCUT2D eigenvalue weighted by Gasteiger charge is 2.36.